The van der Waals surface area contributed by atoms with Gasteiger partial charge in [-0.05, 0) is 42.3 Å². The van der Waals surface area contributed by atoms with Gasteiger partial charge in [-0.25, -0.2) is 15.1 Å². The van der Waals surface area contributed by atoms with Crippen LogP contribution in [0.3, 0.4) is 0 Å². The van der Waals surface area contributed by atoms with Crippen molar-refractivity contribution >= 4 is 40.1 Å². The van der Waals surface area contributed by atoms with E-state index in [-0.39, 0.29) is 10.7 Å². The maximum atomic E-state index is 6.41. The number of nitrogens with zero attached hydrogens (tertiary/aromatic N) is 7. The molecule has 0 spiro atoms. The van der Waals surface area contributed by atoms with Crippen LogP contribution in [-0.4, -0.2) is 59.4 Å². The lowest BCUT2D eigenvalue weighted by atomic mass is 9.91. The number of nitrogens with two attached hydrogens (primary N) is 1. The number of piperidine rings is 1. The summed E-state index contributed by atoms with van der Waals surface area (Å²) in [6.45, 7) is 3.70. The molecule has 0 bridgehead atoms. The highest BCUT2D eigenvalue weighted by Gasteiger charge is 2.28. The Hall–Kier alpha value is -2.82. The van der Waals surface area contributed by atoms with Gasteiger partial charge in [-0.1, -0.05) is 23.2 Å². The number of halogens is 2. The van der Waals surface area contributed by atoms with E-state index >= 15 is 0 Å². The number of hydrogen-bond acceptors (Lipinski definition) is 8. The van der Waals surface area contributed by atoms with E-state index in [4.69, 9.17) is 33.9 Å². The maximum Gasteiger partial charge on any atom is 0.180 e. The fraction of sp³-hybridized carbons (Fsp3) is 0.333. The molecule has 4 N–H and O–H groups in total. The van der Waals surface area contributed by atoms with Crippen LogP contribution in [-0.2, 0) is 0 Å². The highest BCUT2D eigenvalue weighted by molar-refractivity contribution is 6.43. The Bertz CT molecular complexity index is 1210. The number of tetrazole rings is 1. The molecule has 1 fully saturated rings. The van der Waals surface area contributed by atoms with Crippen LogP contribution in [0.4, 0.5) is 5.82 Å². The van der Waals surface area contributed by atoms with Crippen LogP contribution in [0.2, 0.25) is 10.2 Å². The number of anilines is 1. The molecule has 1 aliphatic heterocycles. The molecule has 10 nitrogen and oxygen atoms in total. The zero-order valence-electron chi connectivity index (χ0n) is 16.0. The van der Waals surface area contributed by atoms with Crippen molar-refractivity contribution in [2.24, 2.45) is 5.73 Å². The van der Waals surface area contributed by atoms with Gasteiger partial charge in [0.05, 0.1) is 10.4 Å². The molecule has 5 heterocycles. The highest BCUT2D eigenvalue weighted by atomic mass is 35.5. The molecule has 0 atom stereocenters. The minimum absolute atomic E-state index is 0.156. The molecule has 0 aliphatic carbocycles. The van der Waals surface area contributed by atoms with E-state index in [1.54, 1.807) is 12.3 Å². The van der Waals surface area contributed by atoms with Gasteiger partial charge < -0.3 is 10.6 Å². The lowest BCUT2D eigenvalue weighted by Gasteiger charge is -2.37. The molecular weight excluding hydrogens is 427 g/mol. The van der Waals surface area contributed by atoms with Crippen LogP contribution < -0.4 is 10.6 Å². The molecule has 1 aliphatic rings. The quantitative estimate of drug-likeness (QED) is 0.409. The summed E-state index contributed by atoms with van der Waals surface area (Å²) in [4.78, 5) is 11.0. The number of H-pyrrole nitrogens is 2. The van der Waals surface area contributed by atoms with Crippen molar-refractivity contribution in [2.75, 3.05) is 18.0 Å². The summed E-state index contributed by atoms with van der Waals surface area (Å²) in [5.41, 5.74) is 8.72. The van der Waals surface area contributed by atoms with Crippen LogP contribution in [0.25, 0.3) is 33.7 Å². The van der Waals surface area contributed by atoms with Gasteiger partial charge >= 0.3 is 0 Å². The molecule has 0 radical (unpaired) electrons. The lowest BCUT2D eigenvalue weighted by molar-refractivity contribution is 0.363. The van der Waals surface area contributed by atoms with Crippen molar-refractivity contribution in [2.45, 2.75) is 25.3 Å². The average Bonchev–Trinajstić information content (AvgIpc) is 3.39. The van der Waals surface area contributed by atoms with E-state index < -0.39 is 0 Å². The molecule has 0 unspecified atom stereocenters. The molecule has 4 aromatic rings. The van der Waals surface area contributed by atoms with Gasteiger partial charge in [0.15, 0.2) is 11.5 Å². The zero-order valence-corrected chi connectivity index (χ0v) is 17.5. The SMILES string of the molecule is CC1(N)CCN(c2cc(-c3nnn[nH]3)c3c(-c4ccnc(Cl)c4Cl)n[nH]c3n2)CC1. The summed E-state index contributed by atoms with van der Waals surface area (Å²) in [7, 11) is 0. The van der Waals surface area contributed by atoms with Gasteiger partial charge in [0.25, 0.3) is 0 Å². The molecule has 12 heteroatoms. The van der Waals surface area contributed by atoms with Gasteiger partial charge in [-0.15, -0.1) is 5.10 Å². The highest BCUT2D eigenvalue weighted by Crippen LogP contribution is 2.39. The Kier molecular flexibility index (Phi) is 4.57. The lowest BCUT2D eigenvalue weighted by Crippen LogP contribution is -2.48. The molecule has 4 aromatic heterocycles. The second-order valence-electron chi connectivity index (χ2n) is 7.68. The van der Waals surface area contributed by atoms with Gasteiger partial charge in [-0.3, -0.25) is 5.10 Å². The minimum Gasteiger partial charge on any atom is -0.356 e. The number of nitrogens with one attached hydrogen (secondary N) is 2. The molecule has 1 saturated heterocycles. The first-order chi connectivity index (χ1) is 14.4. The van der Waals surface area contributed by atoms with Crippen molar-refractivity contribution in [3.05, 3.63) is 28.5 Å². The van der Waals surface area contributed by atoms with Gasteiger partial charge in [-0.2, -0.15) is 5.10 Å². The smallest absolute Gasteiger partial charge is 0.180 e. The van der Waals surface area contributed by atoms with E-state index in [0.717, 1.165) is 42.7 Å². The molecular formula is C18H18Cl2N10. The predicted molar refractivity (Wildman–Crippen MR) is 114 cm³/mol. The van der Waals surface area contributed by atoms with E-state index in [1.165, 1.54) is 0 Å². The van der Waals surface area contributed by atoms with Gasteiger partial charge in [0.1, 0.15) is 16.7 Å². The van der Waals surface area contributed by atoms with Gasteiger partial charge in [0, 0.05) is 36.0 Å². The van der Waals surface area contributed by atoms with Crippen LogP contribution >= 0.6 is 23.2 Å². The second-order valence-corrected chi connectivity index (χ2v) is 8.41. The molecule has 0 saturated carbocycles. The first kappa shape index (κ1) is 19.2. The number of fused-ring (bicyclic) bond motifs is 1. The number of aromatic nitrogens is 8. The normalized spacial score (nSPS) is 16.3. The Morgan fingerprint density at radius 1 is 1.17 bits per heavy atom. The Morgan fingerprint density at radius 3 is 2.70 bits per heavy atom. The second kappa shape index (κ2) is 7.15. The van der Waals surface area contributed by atoms with Crippen molar-refractivity contribution in [1.29, 1.82) is 0 Å². The van der Waals surface area contributed by atoms with Crippen LogP contribution in [0, 0.1) is 0 Å². The summed E-state index contributed by atoms with van der Waals surface area (Å²) in [6.07, 6.45) is 3.34. The van der Waals surface area contributed by atoms with Crippen LogP contribution in [0.5, 0.6) is 0 Å². The monoisotopic (exact) mass is 444 g/mol. The summed E-state index contributed by atoms with van der Waals surface area (Å²) >= 11 is 12.5. The van der Waals surface area contributed by atoms with Crippen molar-refractivity contribution in [3.8, 4) is 22.6 Å². The van der Waals surface area contributed by atoms with Crippen molar-refractivity contribution in [3.63, 3.8) is 0 Å². The minimum atomic E-state index is -0.156. The molecule has 154 valence electrons. The van der Waals surface area contributed by atoms with E-state index in [9.17, 15) is 0 Å². The summed E-state index contributed by atoms with van der Waals surface area (Å²) in [5.74, 6) is 1.31. The Labute approximate surface area is 181 Å². The van der Waals surface area contributed by atoms with Crippen LogP contribution in [0.1, 0.15) is 19.8 Å². The summed E-state index contributed by atoms with van der Waals surface area (Å²) in [5, 5.41) is 23.1. The third kappa shape index (κ3) is 3.26. The molecule has 5 rings (SSSR count). The number of pyridine rings is 2. The number of aromatic amines is 2. The number of rotatable bonds is 3. The zero-order chi connectivity index (χ0) is 20.9. The Morgan fingerprint density at radius 2 is 1.97 bits per heavy atom. The van der Waals surface area contributed by atoms with Crippen molar-refractivity contribution in [1.82, 2.24) is 40.8 Å². The molecule has 30 heavy (non-hydrogen) atoms. The average molecular weight is 445 g/mol. The fourth-order valence-electron chi connectivity index (χ4n) is 3.68. The van der Waals surface area contributed by atoms with Crippen LogP contribution in [0.15, 0.2) is 18.3 Å². The fourth-order valence-corrected chi connectivity index (χ4v) is 4.04. The van der Waals surface area contributed by atoms with E-state index in [0.29, 0.717) is 27.8 Å². The first-order valence-electron chi connectivity index (χ1n) is 9.40. The predicted octanol–water partition coefficient (Wildman–Crippen LogP) is 2.82. The van der Waals surface area contributed by atoms with Gasteiger partial charge in [0.2, 0.25) is 0 Å². The Balaban J connectivity index is 1.69. The standard InChI is InChI=1S/C18H18Cl2N10/c1-18(21)3-6-30(7-4-18)11-8-10(16-26-28-29-27-16)12-14(24-25-17(12)23-11)9-2-5-22-15(20)13(9)19/h2,5,8H,3-4,6-7,21H2,1H3,(H,23,24,25)(H,26,27,28,29). The molecule has 0 amide bonds. The summed E-state index contributed by atoms with van der Waals surface area (Å²) < 4.78 is 0. The summed E-state index contributed by atoms with van der Waals surface area (Å²) in [6, 6.07) is 3.71. The number of hydrogen-bond donors (Lipinski definition) is 3. The van der Waals surface area contributed by atoms with Crippen molar-refractivity contribution < 1.29 is 0 Å². The van der Waals surface area contributed by atoms with E-state index in [1.807, 2.05) is 6.07 Å². The van der Waals surface area contributed by atoms with E-state index in [2.05, 4.69) is 47.6 Å². The first-order valence-corrected chi connectivity index (χ1v) is 10.2. The third-order valence-electron chi connectivity index (χ3n) is 5.45. The largest absolute Gasteiger partial charge is 0.356 e. The topological polar surface area (TPSA) is 138 Å². The maximum absolute atomic E-state index is 6.41. The third-order valence-corrected chi connectivity index (χ3v) is 6.21. The molecule has 0 aromatic carbocycles.